The van der Waals surface area contributed by atoms with E-state index in [0.29, 0.717) is 12.1 Å². The number of aromatic nitrogens is 1. The molecule has 0 aliphatic rings. The number of halogens is 1. The van der Waals surface area contributed by atoms with Gasteiger partial charge in [0.2, 0.25) is 0 Å². The van der Waals surface area contributed by atoms with Gasteiger partial charge in [-0.15, -0.1) is 12.4 Å². The molecule has 1 heterocycles. The van der Waals surface area contributed by atoms with Gasteiger partial charge in [-0.1, -0.05) is 23.8 Å². The number of nitrogens with zero attached hydrogens (tertiary/aromatic N) is 1. The first-order valence-electron chi connectivity index (χ1n) is 6.41. The van der Waals surface area contributed by atoms with Crippen LogP contribution >= 0.6 is 12.4 Å². The zero-order valence-electron chi connectivity index (χ0n) is 11.7. The molecule has 3 nitrogen and oxygen atoms in total. The predicted octanol–water partition coefficient (Wildman–Crippen LogP) is 3.09. The highest BCUT2D eigenvalue weighted by Crippen LogP contribution is 2.10. The monoisotopic (exact) mass is 290 g/mol. The van der Waals surface area contributed by atoms with Crippen LogP contribution in [0.2, 0.25) is 0 Å². The summed E-state index contributed by atoms with van der Waals surface area (Å²) in [5, 5.41) is 2.93. The van der Waals surface area contributed by atoms with Crippen molar-refractivity contribution in [2.75, 3.05) is 6.54 Å². The molecule has 1 amide bonds. The first-order valence-corrected chi connectivity index (χ1v) is 6.41. The molecule has 1 N–H and O–H groups in total. The van der Waals surface area contributed by atoms with Crippen LogP contribution in [0.25, 0.3) is 0 Å². The number of pyridine rings is 1. The SMILES string of the molecule is Cc1ccc(C)c(CCNC(=O)c2ccncc2)c1.Cl. The van der Waals surface area contributed by atoms with E-state index < -0.39 is 0 Å². The Bertz CT molecular complexity index is 570. The third kappa shape index (κ3) is 4.35. The summed E-state index contributed by atoms with van der Waals surface area (Å²) in [7, 11) is 0. The lowest BCUT2D eigenvalue weighted by Gasteiger charge is -2.08. The number of carbonyl (C=O) groups excluding carboxylic acids is 1. The van der Waals surface area contributed by atoms with Crippen LogP contribution in [-0.4, -0.2) is 17.4 Å². The van der Waals surface area contributed by atoms with E-state index in [1.807, 2.05) is 0 Å². The molecule has 2 aromatic rings. The molecule has 0 fully saturated rings. The molecular formula is C16H19ClN2O. The average molecular weight is 291 g/mol. The summed E-state index contributed by atoms with van der Waals surface area (Å²) in [6.07, 6.45) is 4.10. The lowest BCUT2D eigenvalue weighted by molar-refractivity contribution is 0.0954. The third-order valence-corrected chi connectivity index (χ3v) is 3.13. The van der Waals surface area contributed by atoms with Gasteiger partial charge in [-0.2, -0.15) is 0 Å². The van der Waals surface area contributed by atoms with Crippen molar-refractivity contribution in [2.24, 2.45) is 0 Å². The Kier molecular flexibility index (Phi) is 6.19. The molecule has 1 aromatic carbocycles. The van der Waals surface area contributed by atoms with Crippen LogP contribution in [-0.2, 0) is 6.42 Å². The van der Waals surface area contributed by atoms with E-state index in [4.69, 9.17) is 0 Å². The van der Waals surface area contributed by atoms with Crippen molar-refractivity contribution < 1.29 is 4.79 Å². The topological polar surface area (TPSA) is 42.0 Å². The molecule has 2 rings (SSSR count). The first kappa shape index (κ1) is 16.2. The van der Waals surface area contributed by atoms with Gasteiger partial charge in [-0.25, -0.2) is 0 Å². The fourth-order valence-electron chi connectivity index (χ4n) is 1.99. The highest BCUT2D eigenvalue weighted by Gasteiger charge is 2.04. The van der Waals surface area contributed by atoms with Crippen molar-refractivity contribution in [3.05, 3.63) is 65.0 Å². The summed E-state index contributed by atoms with van der Waals surface area (Å²) in [4.78, 5) is 15.7. The summed E-state index contributed by atoms with van der Waals surface area (Å²) in [5.74, 6) is -0.0484. The third-order valence-electron chi connectivity index (χ3n) is 3.13. The number of carbonyl (C=O) groups is 1. The second kappa shape index (κ2) is 7.65. The maximum Gasteiger partial charge on any atom is 0.251 e. The lowest BCUT2D eigenvalue weighted by atomic mass is 10.0. The summed E-state index contributed by atoms with van der Waals surface area (Å²) < 4.78 is 0. The number of amides is 1. The Morgan fingerprint density at radius 3 is 2.55 bits per heavy atom. The van der Waals surface area contributed by atoms with E-state index in [1.54, 1.807) is 24.5 Å². The molecule has 0 unspecified atom stereocenters. The maximum atomic E-state index is 11.8. The van der Waals surface area contributed by atoms with Crippen molar-refractivity contribution in [1.82, 2.24) is 10.3 Å². The normalized spacial score (nSPS) is 9.70. The molecule has 0 aliphatic carbocycles. The number of hydrogen-bond acceptors (Lipinski definition) is 2. The van der Waals surface area contributed by atoms with Gasteiger partial charge in [0.1, 0.15) is 0 Å². The summed E-state index contributed by atoms with van der Waals surface area (Å²) in [5.41, 5.74) is 4.45. The number of hydrogen-bond donors (Lipinski definition) is 1. The molecule has 20 heavy (non-hydrogen) atoms. The fraction of sp³-hybridized carbons (Fsp3) is 0.250. The molecule has 0 atom stereocenters. The van der Waals surface area contributed by atoms with Crippen molar-refractivity contribution in [3.8, 4) is 0 Å². The van der Waals surface area contributed by atoms with Crippen molar-refractivity contribution >= 4 is 18.3 Å². The molecule has 4 heteroatoms. The molecule has 0 saturated heterocycles. The second-order valence-electron chi connectivity index (χ2n) is 4.67. The van der Waals surface area contributed by atoms with Crippen LogP contribution < -0.4 is 5.32 Å². The van der Waals surface area contributed by atoms with E-state index >= 15 is 0 Å². The quantitative estimate of drug-likeness (QED) is 0.940. The van der Waals surface area contributed by atoms with Crippen LogP contribution in [0.1, 0.15) is 27.0 Å². The van der Waals surface area contributed by atoms with Gasteiger partial charge < -0.3 is 5.32 Å². The number of nitrogens with one attached hydrogen (secondary N) is 1. The Balaban J connectivity index is 0.00000200. The molecule has 0 spiro atoms. The molecule has 0 aliphatic heterocycles. The second-order valence-corrected chi connectivity index (χ2v) is 4.67. The highest BCUT2D eigenvalue weighted by atomic mass is 35.5. The number of aryl methyl sites for hydroxylation is 2. The van der Waals surface area contributed by atoms with Crippen LogP contribution in [0.3, 0.4) is 0 Å². The van der Waals surface area contributed by atoms with Gasteiger partial charge in [-0.05, 0) is 43.5 Å². The fourth-order valence-corrected chi connectivity index (χ4v) is 1.99. The van der Waals surface area contributed by atoms with E-state index in [0.717, 1.165) is 6.42 Å². The molecule has 106 valence electrons. The van der Waals surface area contributed by atoms with E-state index in [1.165, 1.54) is 16.7 Å². The largest absolute Gasteiger partial charge is 0.352 e. The average Bonchev–Trinajstić information content (AvgIpc) is 2.43. The maximum absolute atomic E-state index is 11.8. The summed E-state index contributed by atoms with van der Waals surface area (Å²) in [6.45, 7) is 4.82. The van der Waals surface area contributed by atoms with Gasteiger partial charge >= 0.3 is 0 Å². The minimum Gasteiger partial charge on any atom is -0.352 e. The minimum atomic E-state index is -0.0484. The van der Waals surface area contributed by atoms with Crippen molar-refractivity contribution in [1.29, 1.82) is 0 Å². The van der Waals surface area contributed by atoms with Crippen LogP contribution in [0.5, 0.6) is 0 Å². The summed E-state index contributed by atoms with van der Waals surface area (Å²) >= 11 is 0. The van der Waals surface area contributed by atoms with E-state index in [-0.39, 0.29) is 18.3 Å². The van der Waals surface area contributed by atoms with Crippen molar-refractivity contribution in [3.63, 3.8) is 0 Å². The van der Waals surface area contributed by atoms with Crippen LogP contribution in [0.4, 0.5) is 0 Å². The predicted molar refractivity (Wildman–Crippen MR) is 83.4 cm³/mol. The highest BCUT2D eigenvalue weighted by molar-refractivity contribution is 5.93. The van der Waals surface area contributed by atoms with Crippen LogP contribution in [0.15, 0.2) is 42.7 Å². The summed E-state index contributed by atoms with van der Waals surface area (Å²) in [6, 6.07) is 9.83. The molecule has 0 radical (unpaired) electrons. The number of benzene rings is 1. The van der Waals surface area contributed by atoms with Gasteiger partial charge in [-0.3, -0.25) is 9.78 Å². The van der Waals surface area contributed by atoms with Gasteiger partial charge in [0.05, 0.1) is 0 Å². The Morgan fingerprint density at radius 1 is 1.15 bits per heavy atom. The number of rotatable bonds is 4. The smallest absolute Gasteiger partial charge is 0.251 e. The minimum absolute atomic E-state index is 0. The van der Waals surface area contributed by atoms with E-state index in [2.05, 4.69) is 42.3 Å². The molecule has 0 bridgehead atoms. The van der Waals surface area contributed by atoms with Gasteiger partial charge in [0.15, 0.2) is 0 Å². The first-order chi connectivity index (χ1) is 9.16. The van der Waals surface area contributed by atoms with Crippen molar-refractivity contribution in [2.45, 2.75) is 20.3 Å². The van der Waals surface area contributed by atoms with E-state index in [9.17, 15) is 4.79 Å². The molecular weight excluding hydrogens is 272 g/mol. The van der Waals surface area contributed by atoms with Crippen LogP contribution in [0, 0.1) is 13.8 Å². The zero-order valence-corrected chi connectivity index (χ0v) is 12.5. The Morgan fingerprint density at radius 2 is 1.85 bits per heavy atom. The Labute approximate surface area is 125 Å². The molecule has 1 aromatic heterocycles. The lowest BCUT2D eigenvalue weighted by Crippen LogP contribution is -2.25. The van der Waals surface area contributed by atoms with Gasteiger partial charge in [0.25, 0.3) is 5.91 Å². The Hall–Kier alpha value is -1.87. The molecule has 0 saturated carbocycles. The standard InChI is InChI=1S/C16H18N2O.ClH/c1-12-3-4-13(2)15(11-12)7-10-18-16(19)14-5-8-17-9-6-14;/h3-6,8-9,11H,7,10H2,1-2H3,(H,18,19);1H. The zero-order chi connectivity index (χ0) is 13.7. The van der Waals surface area contributed by atoms with Gasteiger partial charge in [0, 0.05) is 24.5 Å².